The van der Waals surface area contributed by atoms with Gasteiger partial charge in [-0.2, -0.15) is 0 Å². The number of hydrogen-bond acceptors (Lipinski definition) is 5. The summed E-state index contributed by atoms with van der Waals surface area (Å²) in [5.74, 6) is -1.36. The highest BCUT2D eigenvalue weighted by Gasteiger charge is 2.26. The fourth-order valence-electron chi connectivity index (χ4n) is 3.06. The fraction of sp³-hybridized carbons (Fsp3) is 0.0870. The molecule has 4 rings (SSSR count). The minimum absolute atomic E-state index is 0.202. The molecule has 0 aliphatic rings. The quantitative estimate of drug-likeness (QED) is 0.530. The number of para-hydroxylation sites is 2. The van der Waals surface area contributed by atoms with E-state index in [0.29, 0.717) is 22.3 Å². The van der Waals surface area contributed by atoms with Gasteiger partial charge in [-0.1, -0.05) is 60.2 Å². The molecule has 30 heavy (non-hydrogen) atoms. The average Bonchev–Trinajstić information content (AvgIpc) is 2.74. The Morgan fingerprint density at radius 2 is 1.43 bits per heavy atom. The number of fused-ring (bicyclic) bond motifs is 1. The number of sulfone groups is 1. The minimum Gasteiger partial charge on any atom is -0.325 e. The predicted molar refractivity (Wildman–Crippen MR) is 117 cm³/mol. The molecule has 1 amide bonds. The van der Waals surface area contributed by atoms with Crippen LogP contribution in [-0.4, -0.2) is 30.0 Å². The molecule has 0 saturated carbocycles. The second kappa shape index (κ2) is 8.04. The Labute approximate surface area is 174 Å². The zero-order chi connectivity index (χ0) is 21.1. The molecule has 1 aromatic heterocycles. The summed E-state index contributed by atoms with van der Waals surface area (Å²) in [5.41, 5.74) is 3.47. The summed E-state index contributed by atoms with van der Waals surface area (Å²) in [7, 11) is -4.04. The van der Waals surface area contributed by atoms with Crippen molar-refractivity contribution < 1.29 is 13.2 Å². The largest absolute Gasteiger partial charge is 0.325 e. The van der Waals surface area contributed by atoms with Crippen LogP contribution in [0.5, 0.6) is 0 Å². The third-order valence-corrected chi connectivity index (χ3v) is 6.05. The first-order valence-electron chi connectivity index (χ1n) is 9.34. The Morgan fingerprint density at radius 3 is 2.10 bits per heavy atom. The number of anilines is 1. The van der Waals surface area contributed by atoms with Gasteiger partial charge in [0.15, 0.2) is 5.03 Å². The molecule has 0 unspecified atom stereocenters. The van der Waals surface area contributed by atoms with Crippen LogP contribution >= 0.6 is 0 Å². The molecule has 150 valence electrons. The summed E-state index contributed by atoms with van der Waals surface area (Å²) in [6.45, 7) is 1.93. The van der Waals surface area contributed by atoms with Gasteiger partial charge in [-0.15, -0.1) is 0 Å². The van der Waals surface area contributed by atoms with Gasteiger partial charge in [-0.25, -0.2) is 18.4 Å². The number of nitrogens with one attached hydrogen (secondary N) is 1. The molecule has 0 aliphatic heterocycles. The molecule has 4 aromatic rings. The molecule has 0 aliphatic carbocycles. The molecular formula is C23H19N3O3S. The Morgan fingerprint density at radius 1 is 0.833 bits per heavy atom. The number of benzene rings is 3. The molecule has 0 saturated heterocycles. The predicted octanol–water partition coefficient (Wildman–Crippen LogP) is 4.02. The summed E-state index contributed by atoms with van der Waals surface area (Å²) in [6.07, 6.45) is 0. The summed E-state index contributed by atoms with van der Waals surface area (Å²) in [6, 6.07) is 23.1. The van der Waals surface area contributed by atoms with Gasteiger partial charge in [0.25, 0.3) is 0 Å². The van der Waals surface area contributed by atoms with Crippen molar-refractivity contribution in [2.45, 2.75) is 11.9 Å². The van der Waals surface area contributed by atoms with Crippen molar-refractivity contribution in [3.8, 4) is 11.3 Å². The molecule has 0 radical (unpaired) electrons. The van der Waals surface area contributed by atoms with Gasteiger partial charge in [-0.3, -0.25) is 4.79 Å². The van der Waals surface area contributed by atoms with Gasteiger partial charge in [0, 0.05) is 11.3 Å². The van der Waals surface area contributed by atoms with Crippen molar-refractivity contribution in [1.29, 1.82) is 0 Å². The zero-order valence-electron chi connectivity index (χ0n) is 16.2. The van der Waals surface area contributed by atoms with Crippen LogP contribution in [0.1, 0.15) is 5.56 Å². The maximum Gasteiger partial charge on any atom is 0.240 e. The van der Waals surface area contributed by atoms with Crippen molar-refractivity contribution in [2.24, 2.45) is 0 Å². The number of carbonyl (C=O) groups excluding carboxylic acids is 1. The average molecular weight is 417 g/mol. The highest BCUT2D eigenvalue weighted by Crippen LogP contribution is 2.27. The first-order chi connectivity index (χ1) is 14.4. The molecule has 0 bridgehead atoms. The standard InChI is InChI=1S/C23H19N3O3S/c1-16-11-13-18(14-12-16)24-21(27)15-30(28,29)23-22(17-7-3-2-4-8-17)25-19-9-5-6-10-20(19)26-23/h2-14H,15H2,1H3,(H,24,27). The molecular weight excluding hydrogens is 398 g/mol. The molecule has 1 heterocycles. The summed E-state index contributed by atoms with van der Waals surface area (Å²) in [4.78, 5) is 21.4. The normalized spacial score (nSPS) is 11.4. The molecule has 0 fully saturated rings. The second-order valence-corrected chi connectivity index (χ2v) is 8.81. The Hall–Kier alpha value is -3.58. The van der Waals surface area contributed by atoms with Crippen LogP contribution in [0.3, 0.4) is 0 Å². The Bertz CT molecular complexity index is 1320. The van der Waals surface area contributed by atoms with Crippen LogP contribution in [0.4, 0.5) is 5.69 Å². The summed E-state index contributed by atoms with van der Waals surface area (Å²) >= 11 is 0. The summed E-state index contributed by atoms with van der Waals surface area (Å²) in [5, 5.41) is 2.42. The summed E-state index contributed by atoms with van der Waals surface area (Å²) < 4.78 is 26.3. The van der Waals surface area contributed by atoms with E-state index in [-0.39, 0.29) is 10.7 Å². The van der Waals surface area contributed by atoms with Crippen LogP contribution in [0.2, 0.25) is 0 Å². The minimum atomic E-state index is -4.04. The van der Waals surface area contributed by atoms with Crippen molar-refractivity contribution >= 4 is 32.5 Å². The monoisotopic (exact) mass is 417 g/mol. The molecule has 3 aromatic carbocycles. The molecule has 7 heteroatoms. The number of aryl methyl sites for hydroxylation is 1. The Kier molecular flexibility index (Phi) is 5.29. The first kappa shape index (κ1) is 19.7. The number of rotatable bonds is 5. The van der Waals surface area contributed by atoms with E-state index < -0.39 is 21.5 Å². The van der Waals surface area contributed by atoms with Crippen LogP contribution in [-0.2, 0) is 14.6 Å². The maximum atomic E-state index is 13.2. The van der Waals surface area contributed by atoms with Gasteiger partial charge >= 0.3 is 0 Å². The third-order valence-electron chi connectivity index (χ3n) is 4.54. The lowest BCUT2D eigenvalue weighted by molar-refractivity contribution is -0.113. The molecule has 6 nitrogen and oxygen atoms in total. The highest BCUT2D eigenvalue weighted by atomic mass is 32.2. The zero-order valence-corrected chi connectivity index (χ0v) is 17.1. The van der Waals surface area contributed by atoms with E-state index in [1.54, 1.807) is 54.6 Å². The first-order valence-corrected chi connectivity index (χ1v) is 11.0. The number of hydrogen-bond donors (Lipinski definition) is 1. The highest BCUT2D eigenvalue weighted by molar-refractivity contribution is 7.92. The molecule has 1 N–H and O–H groups in total. The van der Waals surface area contributed by atoms with E-state index in [1.807, 2.05) is 31.2 Å². The van der Waals surface area contributed by atoms with E-state index in [4.69, 9.17) is 0 Å². The lowest BCUT2D eigenvalue weighted by atomic mass is 10.1. The van der Waals surface area contributed by atoms with Crippen molar-refractivity contribution in [2.75, 3.05) is 11.1 Å². The van der Waals surface area contributed by atoms with E-state index >= 15 is 0 Å². The van der Waals surface area contributed by atoms with Gasteiger partial charge < -0.3 is 5.32 Å². The van der Waals surface area contributed by atoms with E-state index in [2.05, 4.69) is 15.3 Å². The SMILES string of the molecule is Cc1ccc(NC(=O)CS(=O)(=O)c2nc3ccccc3nc2-c2ccccc2)cc1. The van der Waals surface area contributed by atoms with Gasteiger partial charge in [0.05, 0.1) is 11.0 Å². The van der Waals surface area contributed by atoms with Gasteiger partial charge in [0.2, 0.25) is 15.7 Å². The van der Waals surface area contributed by atoms with Crippen molar-refractivity contribution in [3.63, 3.8) is 0 Å². The second-order valence-electron chi connectivity index (χ2n) is 6.91. The van der Waals surface area contributed by atoms with Gasteiger partial charge in [-0.05, 0) is 31.2 Å². The van der Waals surface area contributed by atoms with Crippen molar-refractivity contribution in [3.05, 3.63) is 84.4 Å². The number of aromatic nitrogens is 2. The van der Waals surface area contributed by atoms with Crippen LogP contribution < -0.4 is 5.32 Å². The topological polar surface area (TPSA) is 89.0 Å². The lowest BCUT2D eigenvalue weighted by Crippen LogP contribution is -2.24. The van der Waals surface area contributed by atoms with Crippen LogP contribution in [0, 0.1) is 6.92 Å². The number of carbonyl (C=O) groups is 1. The Balaban J connectivity index is 1.72. The third kappa shape index (κ3) is 4.21. The fourth-order valence-corrected chi connectivity index (χ4v) is 4.31. The van der Waals surface area contributed by atoms with E-state index in [1.165, 1.54) is 0 Å². The van der Waals surface area contributed by atoms with E-state index in [0.717, 1.165) is 5.56 Å². The number of nitrogens with zero attached hydrogens (tertiary/aromatic N) is 2. The van der Waals surface area contributed by atoms with Crippen molar-refractivity contribution in [1.82, 2.24) is 9.97 Å². The molecule has 0 atom stereocenters. The van der Waals surface area contributed by atoms with Crippen LogP contribution in [0.15, 0.2) is 83.9 Å². The molecule has 0 spiro atoms. The van der Waals surface area contributed by atoms with Gasteiger partial charge in [0.1, 0.15) is 11.4 Å². The van der Waals surface area contributed by atoms with E-state index in [9.17, 15) is 13.2 Å². The lowest BCUT2D eigenvalue weighted by Gasteiger charge is -2.11. The smallest absolute Gasteiger partial charge is 0.240 e. The number of amides is 1. The maximum absolute atomic E-state index is 13.2. The van der Waals surface area contributed by atoms with Crippen LogP contribution in [0.25, 0.3) is 22.3 Å².